The number of nitrogens with zero attached hydrogens (tertiary/aromatic N) is 1. The van der Waals surface area contributed by atoms with Crippen molar-refractivity contribution in [3.05, 3.63) is 59.4 Å². The van der Waals surface area contributed by atoms with E-state index in [1.807, 2.05) is 0 Å². The van der Waals surface area contributed by atoms with Gasteiger partial charge in [-0.05, 0) is 42.5 Å². The second-order valence-corrected chi connectivity index (χ2v) is 8.06. The summed E-state index contributed by atoms with van der Waals surface area (Å²) in [6.45, 7) is 0.949. The molecule has 2 aromatic rings. The molecule has 162 valence electrons. The molecule has 4 rings (SSSR count). The minimum atomic E-state index is -0.598. The fraction of sp³-hybridized carbons (Fsp3) is 0.375. The van der Waals surface area contributed by atoms with Crippen molar-refractivity contribution < 1.29 is 28.2 Å². The van der Waals surface area contributed by atoms with E-state index in [0.29, 0.717) is 48.6 Å². The van der Waals surface area contributed by atoms with Crippen LogP contribution in [0.5, 0.6) is 11.5 Å². The lowest BCUT2D eigenvalue weighted by atomic mass is 9.82. The van der Waals surface area contributed by atoms with Crippen molar-refractivity contribution >= 4 is 17.5 Å². The van der Waals surface area contributed by atoms with Crippen LogP contribution >= 0.6 is 0 Å². The van der Waals surface area contributed by atoms with Gasteiger partial charge in [-0.25, -0.2) is 4.39 Å². The summed E-state index contributed by atoms with van der Waals surface area (Å²) in [5.74, 6) is 0.501. The third-order valence-corrected chi connectivity index (χ3v) is 6.06. The zero-order valence-electron chi connectivity index (χ0n) is 17.4. The number of fused-ring (bicyclic) bond motifs is 1. The van der Waals surface area contributed by atoms with Gasteiger partial charge in [-0.1, -0.05) is 0 Å². The maximum absolute atomic E-state index is 13.0. The first kappa shape index (κ1) is 21.0. The molecule has 0 radical (unpaired) electrons. The molecule has 0 unspecified atom stereocenters. The average molecular weight is 425 g/mol. The van der Waals surface area contributed by atoms with E-state index in [9.17, 15) is 18.8 Å². The Morgan fingerprint density at radius 2 is 1.81 bits per heavy atom. The summed E-state index contributed by atoms with van der Waals surface area (Å²) in [6, 6.07) is 10.5. The summed E-state index contributed by atoms with van der Waals surface area (Å²) in [6.07, 6.45) is 1.57. The molecule has 0 aromatic heterocycles. The van der Waals surface area contributed by atoms with Crippen LogP contribution in [0.1, 0.15) is 52.8 Å². The number of likely N-dealkylation sites (tertiary alicyclic amines) is 1. The van der Waals surface area contributed by atoms with Gasteiger partial charge in [0.2, 0.25) is 5.91 Å². The number of hydrogen-bond acceptors (Lipinski definition) is 5. The highest BCUT2D eigenvalue weighted by Gasteiger charge is 2.43. The summed E-state index contributed by atoms with van der Waals surface area (Å²) < 4.78 is 24.4. The van der Waals surface area contributed by atoms with E-state index in [1.54, 1.807) is 30.2 Å². The standard InChI is InChI=1S/C24H24FNO5/c1-30-18-6-8-22-19(14-18)21(28)15-24(31-22)10-12-26(13-11-24)23(29)9-7-20(27)16-2-4-17(25)5-3-16/h2-6,8,14H,7,9-13,15H2,1H3. The van der Waals surface area contributed by atoms with E-state index in [1.165, 1.54) is 24.3 Å². The van der Waals surface area contributed by atoms with Crippen LogP contribution in [0.2, 0.25) is 0 Å². The molecule has 1 spiro atoms. The minimum Gasteiger partial charge on any atom is -0.497 e. The third kappa shape index (κ3) is 4.45. The van der Waals surface area contributed by atoms with Crippen molar-refractivity contribution in [1.82, 2.24) is 4.90 Å². The predicted molar refractivity (Wildman–Crippen MR) is 111 cm³/mol. The highest BCUT2D eigenvalue weighted by atomic mass is 19.1. The second kappa shape index (κ2) is 8.49. The topological polar surface area (TPSA) is 72.9 Å². The number of piperidine rings is 1. The Labute approximate surface area is 179 Å². The molecule has 2 aliphatic heterocycles. The van der Waals surface area contributed by atoms with Gasteiger partial charge in [0, 0.05) is 44.3 Å². The van der Waals surface area contributed by atoms with Crippen LogP contribution in [0.3, 0.4) is 0 Å². The molecule has 0 bridgehead atoms. The van der Waals surface area contributed by atoms with Crippen LogP contribution in [0.25, 0.3) is 0 Å². The number of carbonyl (C=O) groups excluding carboxylic acids is 3. The Hall–Kier alpha value is -3.22. The zero-order valence-corrected chi connectivity index (χ0v) is 17.4. The molecule has 2 aromatic carbocycles. The Morgan fingerprint density at radius 3 is 2.48 bits per heavy atom. The van der Waals surface area contributed by atoms with E-state index in [-0.39, 0.29) is 36.7 Å². The minimum absolute atomic E-state index is 0.0184. The van der Waals surface area contributed by atoms with Crippen molar-refractivity contribution in [2.75, 3.05) is 20.2 Å². The van der Waals surface area contributed by atoms with Crippen molar-refractivity contribution in [2.45, 2.75) is 37.7 Å². The van der Waals surface area contributed by atoms with Crippen LogP contribution in [-0.2, 0) is 4.79 Å². The maximum atomic E-state index is 13.0. The van der Waals surface area contributed by atoms with Crippen molar-refractivity contribution in [3.8, 4) is 11.5 Å². The van der Waals surface area contributed by atoms with Gasteiger partial charge in [0.15, 0.2) is 11.6 Å². The fourth-order valence-electron chi connectivity index (χ4n) is 4.20. The Balaban J connectivity index is 1.33. The Bertz CT molecular complexity index is 1010. The zero-order chi connectivity index (χ0) is 22.0. The number of halogens is 1. The number of ketones is 2. The summed E-state index contributed by atoms with van der Waals surface area (Å²) in [5, 5.41) is 0. The number of amides is 1. The number of ether oxygens (including phenoxy) is 2. The monoisotopic (exact) mass is 425 g/mol. The van der Waals surface area contributed by atoms with Gasteiger partial charge >= 0.3 is 0 Å². The highest BCUT2D eigenvalue weighted by Crippen LogP contribution is 2.40. The van der Waals surface area contributed by atoms with E-state index < -0.39 is 11.4 Å². The molecule has 2 aliphatic rings. The van der Waals surface area contributed by atoms with Crippen LogP contribution < -0.4 is 9.47 Å². The molecule has 0 atom stereocenters. The molecule has 0 aliphatic carbocycles. The molecule has 31 heavy (non-hydrogen) atoms. The van der Waals surface area contributed by atoms with Gasteiger partial charge in [0.1, 0.15) is 22.9 Å². The number of rotatable bonds is 5. The molecule has 7 heteroatoms. The molecule has 0 saturated carbocycles. The van der Waals surface area contributed by atoms with Gasteiger partial charge in [-0.2, -0.15) is 0 Å². The first-order valence-corrected chi connectivity index (χ1v) is 10.4. The largest absolute Gasteiger partial charge is 0.497 e. The molecule has 1 amide bonds. The molecule has 2 heterocycles. The molecular weight excluding hydrogens is 401 g/mol. The first-order chi connectivity index (χ1) is 14.9. The summed E-state index contributed by atoms with van der Waals surface area (Å²) in [4.78, 5) is 39.2. The molecule has 1 fully saturated rings. The number of carbonyl (C=O) groups is 3. The lowest BCUT2D eigenvalue weighted by molar-refractivity contribution is -0.134. The third-order valence-electron chi connectivity index (χ3n) is 6.06. The smallest absolute Gasteiger partial charge is 0.223 e. The first-order valence-electron chi connectivity index (χ1n) is 10.4. The van der Waals surface area contributed by atoms with Crippen molar-refractivity contribution in [3.63, 3.8) is 0 Å². The maximum Gasteiger partial charge on any atom is 0.223 e. The summed E-state index contributed by atoms with van der Waals surface area (Å²) in [7, 11) is 1.55. The molecular formula is C24H24FNO5. The Kier molecular flexibility index (Phi) is 5.76. The van der Waals surface area contributed by atoms with E-state index in [4.69, 9.17) is 9.47 Å². The highest BCUT2D eigenvalue weighted by molar-refractivity contribution is 6.01. The van der Waals surface area contributed by atoms with E-state index in [2.05, 4.69) is 0 Å². The predicted octanol–water partition coefficient (Wildman–Crippen LogP) is 3.82. The molecule has 0 N–H and O–H groups in total. The average Bonchev–Trinajstić information content (AvgIpc) is 2.78. The van der Waals surface area contributed by atoms with E-state index >= 15 is 0 Å². The lowest BCUT2D eigenvalue weighted by Crippen LogP contribution is -2.52. The SMILES string of the molecule is COc1ccc2c(c1)C(=O)CC1(CCN(C(=O)CCC(=O)c3ccc(F)cc3)CC1)O2. The van der Waals surface area contributed by atoms with Crippen LogP contribution in [0.15, 0.2) is 42.5 Å². The molecule has 1 saturated heterocycles. The van der Waals surface area contributed by atoms with Gasteiger partial charge in [-0.3, -0.25) is 14.4 Å². The van der Waals surface area contributed by atoms with Gasteiger partial charge in [-0.15, -0.1) is 0 Å². The number of methoxy groups -OCH3 is 1. The van der Waals surface area contributed by atoms with Crippen LogP contribution in [-0.4, -0.2) is 48.2 Å². The van der Waals surface area contributed by atoms with Crippen LogP contribution in [0.4, 0.5) is 4.39 Å². The van der Waals surface area contributed by atoms with E-state index in [0.717, 1.165) is 0 Å². The number of benzene rings is 2. The fourth-order valence-corrected chi connectivity index (χ4v) is 4.20. The number of hydrogen-bond donors (Lipinski definition) is 0. The Morgan fingerprint density at radius 1 is 1.10 bits per heavy atom. The van der Waals surface area contributed by atoms with Gasteiger partial charge in [0.05, 0.1) is 19.1 Å². The van der Waals surface area contributed by atoms with Crippen molar-refractivity contribution in [1.29, 1.82) is 0 Å². The normalized spacial score (nSPS) is 17.1. The van der Waals surface area contributed by atoms with Gasteiger partial charge in [0.25, 0.3) is 0 Å². The molecule has 6 nitrogen and oxygen atoms in total. The quantitative estimate of drug-likeness (QED) is 0.681. The van der Waals surface area contributed by atoms with Crippen LogP contribution in [0, 0.1) is 5.82 Å². The summed E-state index contributed by atoms with van der Waals surface area (Å²) in [5.41, 5.74) is 0.332. The second-order valence-electron chi connectivity index (χ2n) is 8.06. The van der Waals surface area contributed by atoms with Gasteiger partial charge < -0.3 is 14.4 Å². The van der Waals surface area contributed by atoms with Crippen molar-refractivity contribution in [2.24, 2.45) is 0 Å². The lowest BCUT2D eigenvalue weighted by Gasteiger charge is -2.44. The summed E-state index contributed by atoms with van der Waals surface area (Å²) >= 11 is 0. The number of Topliss-reactive ketones (excluding diaryl/α,β-unsaturated/α-hetero) is 2.